The molecule has 0 aliphatic carbocycles. The van der Waals surface area contributed by atoms with Gasteiger partial charge in [-0.3, -0.25) is 4.90 Å². The number of nitrogens with zero attached hydrogens (tertiary/aromatic N) is 3. The van der Waals surface area contributed by atoms with Gasteiger partial charge in [0.15, 0.2) is 0 Å². The third-order valence-corrected chi connectivity index (χ3v) is 7.38. The minimum atomic E-state index is -1.70. The zero-order valence-corrected chi connectivity index (χ0v) is 22.1. The monoisotopic (exact) mass is 519 g/mol. The van der Waals surface area contributed by atoms with Crippen molar-refractivity contribution in [3.8, 4) is 34.2 Å². The predicted molar refractivity (Wildman–Crippen MR) is 136 cm³/mol. The molecular formula is C24H27Cl2N3O4Si. The number of hydrogen-bond acceptors (Lipinski definition) is 5. The van der Waals surface area contributed by atoms with E-state index in [1.165, 1.54) is 4.90 Å². The van der Waals surface area contributed by atoms with Gasteiger partial charge in [-0.1, -0.05) is 54.8 Å². The normalized spacial score (nSPS) is 18.1. The van der Waals surface area contributed by atoms with Crippen LogP contribution in [-0.2, 0) is 6.54 Å². The van der Waals surface area contributed by atoms with Gasteiger partial charge in [0.1, 0.15) is 36.9 Å². The lowest BCUT2D eigenvalue weighted by molar-refractivity contribution is 0.0503. The molecule has 10 heteroatoms. The zero-order chi connectivity index (χ0) is 24.6. The Hall–Kier alpha value is -2.44. The fourth-order valence-electron chi connectivity index (χ4n) is 4.11. The zero-order valence-electron chi connectivity index (χ0n) is 19.6. The highest BCUT2D eigenvalue weighted by atomic mass is 35.5. The molecule has 4 rings (SSSR count). The van der Waals surface area contributed by atoms with Gasteiger partial charge in [-0.15, -0.1) is 5.54 Å². The van der Waals surface area contributed by atoms with Gasteiger partial charge >= 0.3 is 6.09 Å². The summed E-state index contributed by atoms with van der Waals surface area (Å²) in [4.78, 5) is 20.0. The van der Waals surface area contributed by atoms with E-state index in [1.54, 1.807) is 25.3 Å². The summed E-state index contributed by atoms with van der Waals surface area (Å²) in [6.07, 6.45) is -0.920. The number of carboxylic acid groups (broad SMARTS) is 1. The van der Waals surface area contributed by atoms with E-state index in [0.717, 1.165) is 5.56 Å². The Morgan fingerprint density at radius 1 is 1.29 bits per heavy atom. The molecule has 2 aliphatic rings. The van der Waals surface area contributed by atoms with E-state index in [1.807, 2.05) is 0 Å². The van der Waals surface area contributed by atoms with Gasteiger partial charge < -0.3 is 19.5 Å². The molecule has 1 fully saturated rings. The van der Waals surface area contributed by atoms with Crippen LogP contribution in [0.25, 0.3) is 11.3 Å². The summed E-state index contributed by atoms with van der Waals surface area (Å²) in [5.41, 5.74) is 5.85. The first-order valence-electron chi connectivity index (χ1n) is 11.0. The number of benzene rings is 1. The topological polar surface area (TPSA) is 75.1 Å². The third-order valence-electron chi connectivity index (χ3n) is 5.84. The summed E-state index contributed by atoms with van der Waals surface area (Å²) in [6.45, 7) is 8.75. The molecule has 0 radical (unpaired) electrons. The molecule has 3 heterocycles. The molecule has 0 saturated carbocycles. The molecule has 34 heavy (non-hydrogen) atoms. The number of methoxy groups -OCH3 is 1. The van der Waals surface area contributed by atoms with Crippen molar-refractivity contribution in [2.45, 2.75) is 32.2 Å². The van der Waals surface area contributed by atoms with Gasteiger partial charge in [-0.05, 0) is 12.1 Å². The molecular weight excluding hydrogens is 493 g/mol. The number of carbonyl (C=O) groups is 1. The van der Waals surface area contributed by atoms with Crippen molar-refractivity contribution in [1.82, 2.24) is 14.8 Å². The van der Waals surface area contributed by atoms with E-state index in [9.17, 15) is 9.90 Å². The van der Waals surface area contributed by atoms with Crippen LogP contribution in [0.3, 0.4) is 0 Å². The maximum Gasteiger partial charge on any atom is 0.407 e. The van der Waals surface area contributed by atoms with Crippen molar-refractivity contribution in [3.63, 3.8) is 0 Å². The molecule has 1 aromatic heterocycles. The second-order valence-electron chi connectivity index (χ2n) is 9.41. The lowest BCUT2D eigenvalue weighted by Gasteiger charge is -2.38. The van der Waals surface area contributed by atoms with Crippen LogP contribution >= 0.6 is 23.2 Å². The highest BCUT2D eigenvalue weighted by Gasteiger charge is 2.35. The summed E-state index contributed by atoms with van der Waals surface area (Å²) in [5.74, 6) is 4.37. The molecule has 2 aliphatic heterocycles. The van der Waals surface area contributed by atoms with Gasteiger partial charge in [-0.25, -0.2) is 9.78 Å². The van der Waals surface area contributed by atoms with Crippen LogP contribution in [0.1, 0.15) is 11.3 Å². The quantitative estimate of drug-likeness (QED) is 0.451. The molecule has 1 amide bonds. The highest BCUT2D eigenvalue weighted by molar-refractivity contribution is 6.83. The standard InChI is InChI=1S/C24H27Cl2N3O4Si/c1-32-19-7-5-6-17(25)20(19)22-21(26)23-16(18(27-22)8-11-34(2,3)4)13-28-9-10-29(24(30)31)12-15(28)14-33-23/h5-7,15H,9-10,12-14H2,1-4H3,(H,30,31)/t15-/m1/s1. The number of amides is 1. The summed E-state index contributed by atoms with van der Waals surface area (Å²) in [7, 11) is -0.134. The number of pyridine rings is 1. The minimum absolute atomic E-state index is 0.0931. The number of hydrogen-bond donors (Lipinski definition) is 1. The Balaban J connectivity index is 1.87. The summed E-state index contributed by atoms with van der Waals surface area (Å²) >= 11 is 13.5. The lowest BCUT2D eigenvalue weighted by Crippen LogP contribution is -2.55. The number of piperazine rings is 1. The summed E-state index contributed by atoms with van der Waals surface area (Å²) in [6, 6.07) is 5.28. The van der Waals surface area contributed by atoms with Gasteiger partial charge in [-0.2, -0.15) is 0 Å². The average molecular weight is 520 g/mol. The van der Waals surface area contributed by atoms with Crippen molar-refractivity contribution in [3.05, 3.63) is 39.5 Å². The van der Waals surface area contributed by atoms with E-state index in [2.05, 4.69) is 36.0 Å². The van der Waals surface area contributed by atoms with Crippen molar-refractivity contribution in [2.24, 2.45) is 0 Å². The second-order valence-corrected chi connectivity index (χ2v) is 14.9. The number of aromatic nitrogens is 1. The van der Waals surface area contributed by atoms with Gasteiger partial charge in [0, 0.05) is 31.7 Å². The Morgan fingerprint density at radius 2 is 2.06 bits per heavy atom. The van der Waals surface area contributed by atoms with Gasteiger partial charge in [0.25, 0.3) is 0 Å². The Bertz CT molecular complexity index is 1190. The first kappa shape index (κ1) is 24.7. The van der Waals surface area contributed by atoms with Crippen molar-refractivity contribution in [1.29, 1.82) is 0 Å². The third kappa shape index (κ3) is 4.98. The lowest BCUT2D eigenvalue weighted by atomic mass is 10.0. The first-order valence-corrected chi connectivity index (χ1v) is 15.3. The molecule has 2 aromatic rings. The van der Waals surface area contributed by atoms with E-state index in [-0.39, 0.29) is 6.04 Å². The minimum Gasteiger partial charge on any atom is -0.496 e. The van der Waals surface area contributed by atoms with Crippen LogP contribution in [0.15, 0.2) is 18.2 Å². The Labute approximate surface area is 210 Å². The number of fused-ring (bicyclic) bond motifs is 2. The Morgan fingerprint density at radius 3 is 2.74 bits per heavy atom. The van der Waals surface area contributed by atoms with Crippen molar-refractivity contribution >= 4 is 37.4 Å². The van der Waals surface area contributed by atoms with Crippen LogP contribution in [0.4, 0.5) is 4.79 Å². The molecule has 1 aromatic carbocycles. The molecule has 180 valence electrons. The largest absolute Gasteiger partial charge is 0.496 e. The van der Waals surface area contributed by atoms with Crippen LogP contribution in [0.5, 0.6) is 11.5 Å². The fourth-order valence-corrected chi connectivity index (χ4v) is 5.16. The summed E-state index contributed by atoms with van der Waals surface area (Å²) < 4.78 is 11.8. The van der Waals surface area contributed by atoms with Crippen LogP contribution in [0.2, 0.25) is 29.7 Å². The SMILES string of the molecule is COc1cccc(Cl)c1-c1nc(C#C[Si](C)(C)C)c2c(c1Cl)OC[C@H]1CN(C(=O)O)CCN1C2. The number of halogens is 2. The van der Waals surface area contributed by atoms with Crippen LogP contribution in [0, 0.1) is 11.5 Å². The predicted octanol–water partition coefficient (Wildman–Crippen LogP) is 4.85. The molecule has 1 atom stereocenters. The molecule has 1 N–H and O–H groups in total. The van der Waals surface area contributed by atoms with Crippen LogP contribution in [-0.4, -0.2) is 73.5 Å². The first-order chi connectivity index (χ1) is 16.1. The second kappa shape index (κ2) is 9.66. The average Bonchev–Trinajstić information content (AvgIpc) is 2.98. The molecule has 0 unspecified atom stereocenters. The van der Waals surface area contributed by atoms with E-state index in [0.29, 0.717) is 71.3 Å². The van der Waals surface area contributed by atoms with E-state index < -0.39 is 14.2 Å². The number of rotatable bonds is 2. The highest BCUT2D eigenvalue weighted by Crippen LogP contribution is 2.45. The number of ether oxygens (including phenoxy) is 2. The van der Waals surface area contributed by atoms with Gasteiger partial charge in [0.05, 0.1) is 29.4 Å². The van der Waals surface area contributed by atoms with Crippen molar-refractivity contribution in [2.75, 3.05) is 33.4 Å². The molecule has 1 saturated heterocycles. The van der Waals surface area contributed by atoms with Crippen molar-refractivity contribution < 1.29 is 19.4 Å². The smallest absolute Gasteiger partial charge is 0.407 e. The molecule has 7 nitrogen and oxygen atoms in total. The van der Waals surface area contributed by atoms with Gasteiger partial charge in [0.2, 0.25) is 0 Å². The van der Waals surface area contributed by atoms with E-state index in [4.69, 9.17) is 37.7 Å². The summed E-state index contributed by atoms with van der Waals surface area (Å²) in [5, 5.41) is 10.2. The molecule has 0 bridgehead atoms. The maximum atomic E-state index is 11.5. The fraction of sp³-hybridized carbons (Fsp3) is 0.417. The van der Waals surface area contributed by atoms with Crippen LogP contribution < -0.4 is 9.47 Å². The molecule has 0 spiro atoms. The van der Waals surface area contributed by atoms with E-state index >= 15 is 0 Å². The Kier molecular flexibility index (Phi) is 7.01. The maximum absolute atomic E-state index is 11.5.